The number of benzene rings is 1. The third kappa shape index (κ3) is 2.35. The molecule has 1 aromatic heterocycles. The van der Waals surface area contributed by atoms with E-state index in [4.69, 9.17) is 5.73 Å². The summed E-state index contributed by atoms with van der Waals surface area (Å²) in [7, 11) is 0. The Labute approximate surface area is 116 Å². The van der Waals surface area contributed by atoms with Crippen LogP contribution in [0.2, 0.25) is 0 Å². The number of halogens is 1. The third-order valence-electron chi connectivity index (χ3n) is 3.15. The number of hydrogen-bond donors (Lipinski definition) is 1. The molecule has 0 fully saturated rings. The second-order valence-electron chi connectivity index (χ2n) is 4.73. The number of nitrogens with zero attached hydrogens (tertiary/aromatic N) is 2. The van der Waals surface area contributed by atoms with Crippen molar-refractivity contribution in [3.63, 3.8) is 0 Å². The van der Waals surface area contributed by atoms with Crippen LogP contribution in [-0.4, -0.2) is 9.78 Å². The Bertz CT molecular complexity index is 546. The Hall–Kier alpha value is -1.13. The number of rotatable bonds is 3. The molecule has 96 valence electrons. The van der Waals surface area contributed by atoms with Gasteiger partial charge in [0.15, 0.2) is 0 Å². The van der Waals surface area contributed by atoms with Crippen molar-refractivity contribution in [1.82, 2.24) is 9.78 Å². The fourth-order valence-electron chi connectivity index (χ4n) is 2.12. The molecule has 1 aromatic carbocycles. The summed E-state index contributed by atoms with van der Waals surface area (Å²) >= 11 is 3.55. The Morgan fingerprint density at radius 1 is 1.28 bits per heavy atom. The molecule has 3 nitrogen and oxygen atoms in total. The first-order valence-electron chi connectivity index (χ1n) is 6.06. The lowest BCUT2D eigenvalue weighted by molar-refractivity contribution is 0.499. The molecular formula is C14H18BrN3. The van der Waals surface area contributed by atoms with Crippen molar-refractivity contribution in [3.05, 3.63) is 51.8 Å². The summed E-state index contributed by atoms with van der Waals surface area (Å²) in [5.41, 5.74) is 9.75. The summed E-state index contributed by atoms with van der Waals surface area (Å²) in [6.45, 7) is 6.29. The molecule has 0 spiro atoms. The average molecular weight is 308 g/mol. The van der Waals surface area contributed by atoms with Crippen LogP contribution >= 0.6 is 15.9 Å². The Balaban J connectivity index is 2.45. The van der Waals surface area contributed by atoms with Crippen molar-refractivity contribution in [3.8, 4) is 0 Å². The fourth-order valence-corrected chi connectivity index (χ4v) is 2.50. The van der Waals surface area contributed by atoms with Crippen LogP contribution in [0.15, 0.2) is 34.9 Å². The Kier molecular flexibility index (Phi) is 3.88. The van der Waals surface area contributed by atoms with E-state index in [1.54, 1.807) is 0 Å². The van der Waals surface area contributed by atoms with E-state index in [0.717, 1.165) is 15.7 Å². The molecule has 2 N–H and O–H groups in total. The largest absolute Gasteiger partial charge is 0.319 e. The smallest absolute Gasteiger partial charge is 0.0726 e. The van der Waals surface area contributed by atoms with E-state index in [2.05, 4.69) is 47.9 Å². The molecule has 0 aliphatic rings. The van der Waals surface area contributed by atoms with Gasteiger partial charge < -0.3 is 5.73 Å². The number of aromatic nitrogens is 2. The lowest BCUT2D eigenvalue weighted by Crippen LogP contribution is -2.19. The quantitative estimate of drug-likeness (QED) is 0.942. The van der Waals surface area contributed by atoms with E-state index in [0.29, 0.717) is 6.04 Å². The molecule has 1 unspecified atom stereocenters. The minimum atomic E-state index is -0.146. The fraction of sp³-hybridized carbons (Fsp3) is 0.357. The average Bonchev–Trinajstić information content (AvgIpc) is 2.81. The van der Waals surface area contributed by atoms with Gasteiger partial charge in [0.1, 0.15) is 0 Å². The van der Waals surface area contributed by atoms with Crippen molar-refractivity contribution < 1.29 is 0 Å². The molecule has 0 amide bonds. The summed E-state index contributed by atoms with van der Waals surface area (Å²) in [5.74, 6) is 0. The highest BCUT2D eigenvalue weighted by Crippen LogP contribution is 2.28. The molecule has 2 rings (SSSR count). The van der Waals surface area contributed by atoms with Gasteiger partial charge in [-0.3, -0.25) is 4.68 Å². The van der Waals surface area contributed by atoms with Crippen LogP contribution in [0.3, 0.4) is 0 Å². The molecular weight excluding hydrogens is 290 g/mol. The monoisotopic (exact) mass is 307 g/mol. The molecule has 1 atom stereocenters. The lowest BCUT2D eigenvalue weighted by Gasteiger charge is -2.19. The van der Waals surface area contributed by atoms with Gasteiger partial charge in [-0.1, -0.05) is 28.1 Å². The van der Waals surface area contributed by atoms with Gasteiger partial charge in [-0.2, -0.15) is 5.10 Å². The Morgan fingerprint density at radius 3 is 2.67 bits per heavy atom. The van der Waals surface area contributed by atoms with Crippen molar-refractivity contribution in [2.24, 2.45) is 5.73 Å². The van der Waals surface area contributed by atoms with Crippen LogP contribution in [0.4, 0.5) is 0 Å². The maximum Gasteiger partial charge on any atom is 0.0726 e. The van der Waals surface area contributed by atoms with Crippen molar-refractivity contribution in [2.75, 3.05) is 0 Å². The van der Waals surface area contributed by atoms with Crippen molar-refractivity contribution in [1.29, 1.82) is 0 Å². The van der Waals surface area contributed by atoms with Gasteiger partial charge in [-0.25, -0.2) is 0 Å². The van der Waals surface area contributed by atoms with Crippen LogP contribution < -0.4 is 5.73 Å². The first-order chi connectivity index (χ1) is 8.52. The molecule has 0 saturated carbocycles. The molecule has 18 heavy (non-hydrogen) atoms. The predicted octanol–water partition coefficient (Wildman–Crippen LogP) is 3.58. The second kappa shape index (κ2) is 5.24. The van der Waals surface area contributed by atoms with Crippen molar-refractivity contribution >= 4 is 15.9 Å². The second-order valence-corrected chi connectivity index (χ2v) is 5.58. The van der Waals surface area contributed by atoms with Crippen molar-refractivity contribution in [2.45, 2.75) is 32.9 Å². The van der Waals surface area contributed by atoms with E-state index in [1.807, 2.05) is 29.1 Å². The lowest BCUT2D eigenvalue weighted by atomic mass is 9.99. The van der Waals surface area contributed by atoms with Gasteiger partial charge in [0, 0.05) is 16.7 Å². The zero-order valence-corrected chi connectivity index (χ0v) is 12.5. The van der Waals surface area contributed by atoms with Crippen LogP contribution in [0, 0.1) is 6.92 Å². The zero-order chi connectivity index (χ0) is 13.3. The van der Waals surface area contributed by atoms with E-state index >= 15 is 0 Å². The van der Waals surface area contributed by atoms with Gasteiger partial charge in [-0.15, -0.1) is 0 Å². The summed E-state index contributed by atoms with van der Waals surface area (Å²) in [5, 5.41) is 4.34. The summed E-state index contributed by atoms with van der Waals surface area (Å²) in [6, 6.07) is 8.28. The minimum absolute atomic E-state index is 0.146. The van der Waals surface area contributed by atoms with E-state index in [9.17, 15) is 0 Å². The topological polar surface area (TPSA) is 43.8 Å². The molecule has 1 heterocycles. The SMILES string of the molecule is Cc1c(Br)cccc1C(N)c1ccnn1C(C)C. The predicted molar refractivity (Wildman–Crippen MR) is 77.5 cm³/mol. The highest BCUT2D eigenvalue weighted by molar-refractivity contribution is 9.10. The molecule has 0 aliphatic heterocycles. The molecule has 0 aliphatic carbocycles. The number of hydrogen-bond acceptors (Lipinski definition) is 2. The van der Waals surface area contributed by atoms with Crippen LogP contribution in [-0.2, 0) is 0 Å². The minimum Gasteiger partial charge on any atom is -0.319 e. The first kappa shape index (κ1) is 13.3. The van der Waals surface area contributed by atoms with Gasteiger partial charge in [0.05, 0.1) is 11.7 Å². The highest BCUT2D eigenvalue weighted by atomic mass is 79.9. The van der Waals surface area contributed by atoms with E-state index in [-0.39, 0.29) is 6.04 Å². The zero-order valence-electron chi connectivity index (χ0n) is 10.9. The molecule has 4 heteroatoms. The molecule has 0 saturated heterocycles. The summed E-state index contributed by atoms with van der Waals surface area (Å²) in [6.07, 6.45) is 1.81. The standard InChI is InChI=1S/C14H18BrN3/c1-9(2)18-13(7-8-17-18)14(16)11-5-4-6-12(15)10(11)3/h4-9,14H,16H2,1-3H3. The van der Waals surface area contributed by atoms with Gasteiger partial charge in [-0.05, 0) is 44.0 Å². The molecule has 2 aromatic rings. The highest BCUT2D eigenvalue weighted by Gasteiger charge is 2.17. The van der Waals surface area contributed by atoms with Gasteiger partial charge in [0.25, 0.3) is 0 Å². The normalized spacial score (nSPS) is 13.0. The summed E-state index contributed by atoms with van der Waals surface area (Å²) in [4.78, 5) is 0. The first-order valence-corrected chi connectivity index (χ1v) is 6.85. The van der Waals surface area contributed by atoms with Gasteiger partial charge >= 0.3 is 0 Å². The third-order valence-corrected chi connectivity index (χ3v) is 4.01. The van der Waals surface area contributed by atoms with Crippen LogP contribution in [0.1, 0.15) is 42.8 Å². The maximum atomic E-state index is 6.39. The molecule has 0 bridgehead atoms. The van der Waals surface area contributed by atoms with Crippen LogP contribution in [0.25, 0.3) is 0 Å². The Morgan fingerprint density at radius 2 is 2.00 bits per heavy atom. The van der Waals surface area contributed by atoms with Gasteiger partial charge in [0.2, 0.25) is 0 Å². The summed E-state index contributed by atoms with van der Waals surface area (Å²) < 4.78 is 3.07. The number of nitrogens with two attached hydrogens (primary N) is 1. The van der Waals surface area contributed by atoms with Crippen LogP contribution in [0.5, 0.6) is 0 Å². The van der Waals surface area contributed by atoms with E-state index < -0.39 is 0 Å². The van der Waals surface area contributed by atoms with E-state index in [1.165, 1.54) is 5.56 Å². The maximum absolute atomic E-state index is 6.39. The molecule has 0 radical (unpaired) electrons.